The van der Waals surface area contributed by atoms with Gasteiger partial charge in [0, 0.05) is 24.9 Å². The summed E-state index contributed by atoms with van der Waals surface area (Å²) in [6.45, 7) is 12.4. The number of hydrogen-bond acceptors (Lipinski definition) is 4. The normalized spacial score (nSPS) is 11.8. The van der Waals surface area contributed by atoms with Gasteiger partial charge in [0.15, 0.2) is 0 Å². The maximum atomic E-state index is 12.6. The first-order chi connectivity index (χ1) is 14.8. The maximum Gasteiger partial charge on any atom is 0.250 e. The molecule has 2 aromatic carbocycles. The van der Waals surface area contributed by atoms with Crippen LogP contribution in [0.1, 0.15) is 64.7 Å². The van der Waals surface area contributed by atoms with Crippen molar-refractivity contribution in [3.63, 3.8) is 0 Å². The Kier molecular flexibility index (Phi) is 8.07. The summed E-state index contributed by atoms with van der Waals surface area (Å²) in [6.07, 6.45) is 0.862. The highest BCUT2D eigenvalue weighted by molar-refractivity contribution is 5.94. The third-order valence-corrected chi connectivity index (χ3v) is 5.13. The number of aryl methyl sites for hydroxylation is 1. The molecule has 0 aromatic heterocycles. The molecule has 32 heavy (non-hydrogen) atoms. The van der Waals surface area contributed by atoms with Gasteiger partial charge in [0.25, 0.3) is 0 Å². The first kappa shape index (κ1) is 25.4. The minimum absolute atomic E-state index is 0.0314. The zero-order valence-corrected chi connectivity index (χ0v) is 20.3. The average Bonchev–Trinajstić information content (AvgIpc) is 2.65. The van der Waals surface area contributed by atoms with Crippen molar-refractivity contribution in [3.8, 4) is 5.75 Å². The maximum absolute atomic E-state index is 12.6. The van der Waals surface area contributed by atoms with Gasteiger partial charge in [-0.05, 0) is 52.1 Å². The molecule has 0 aliphatic heterocycles. The molecule has 6 heteroatoms. The number of carbonyl (C=O) groups excluding carboxylic acids is 2. The molecule has 0 bridgehead atoms. The summed E-state index contributed by atoms with van der Waals surface area (Å²) in [5.74, 6) is -0.0359. The predicted octanol–water partition coefficient (Wildman–Crippen LogP) is 5.14. The van der Waals surface area contributed by atoms with Gasteiger partial charge in [-0.15, -0.1) is 0 Å². The van der Waals surface area contributed by atoms with Crippen molar-refractivity contribution in [2.45, 2.75) is 65.2 Å². The van der Waals surface area contributed by atoms with Crippen LogP contribution in [-0.4, -0.2) is 30.6 Å². The fraction of sp³-hybridized carbons (Fsp3) is 0.462. The van der Waals surface area contributed by atoms with E-state index in [4.69, 9.17) is 4.74 Å². The summed E-state index contributed by atoms with van der Waals surface area (Å²) < 4.78 is 4.81. The van der Waals surface area contributed by atoms with Crippen molar-refractivity contribution >= 4 is 23.2 Å². The molecule has 0 heterocycles. The number of amides is 2. The lowest BCUT2D eigenvalue weighted by Crippen LogP contribution is -2.19. The monoisotopic (exact) mass is 440 g/mol. The molecular formula is C26H36N2O4. The quantitative estimate of drug-likeness (QED) is 0.556. The van der Waals surface area contributed by atoms with E-state index in [-0.39, 0.29) is 29.3 Å². The Morgan fingerprint density at radius 3 is 1.84 bits per heavy atom. The number of nitrogens with one attached hydrogen (secondary N) is 2. The van der Waals surface area contributed by atoms with Crippen LogP contribution in [-0.2, 0) is 31.6 Å². The molecule has 2 aromatic rings. The van der Waals surface area contributed by atoms with Crippen molar-refractivity contribution in [1.29, 1.82) is 0 Å². The molecule has 2 rings (SSSR count). The van der Waals surface area contributed by atoms with Crippen molar-refractivity contribution in [3.05, 3.63) is 53.1 Å². The third-order valence-electron chi connectivity index (χ3n) is 5.13. The lowest BCUT2D eigenvalue weighted by molar-refractivity contribution is -0.119. The van der Waals surface area contributed by atoms with E-state index >= 15 is 0 Å². The van der Waals surface area contributed by atoms with Crippen LogP contribution in [0.3, 0.4) is 0 Å². The lowest BCUT2D eigenvalue weighted by atomic mass is 9.78. The van der Waals surface area contributed by atoms with E-state index < -0.39 is 0 Å². The minimum atomic E-state index is -0.257. The van der Waals surface area contributed by atoms with Gasteiger partial charge < -0.3 is 20.5 Å². The second-order valence-electron chi connectivity index (χ2n) is 10.1. The number of methoxy groups -OCH3 is 1. The van der Waals surface area contributed by atoms with Crippen molar-refractivity contribution in [2.75, 3.05) is 24.4 Å². The number of phenolic OH excluding ortho intramolecular Hbond substituents is 1. The van der Waals surface area contributed by atoms with E-state index in [0.717, 1.165) is 16.7 Å². The molecule has 0 unspecified atom stereocenters. The largest absolute Gasteiger partial charge is 0.507 e. The van der Waals surface area contributed by atoms with Crippen LogP contribution in [0, 0.1) is 0 Å². The Morgan fingerprint density at radius 1 is 0.875 bits per heavy atom. The summed E-state index contributed by atoms with van der Waals surface area (Å²) in [5, 5.41) is 16.5. The standard InChI is InChI=1S/C26H36N2O4/c1-25(2,3)20-13-17(14-21(24(20)31)26(4,5)6)11-12-22(29)27-18-9-8-10-19(15-18)28-23(30)16-32-7/h8-10,13-15,31H,11-12,16H2,1-7H3,(H,27,29)(H,28,30). The second kappa shape index (κ2) is 10.2. The molecule has 0 saturated carbocycles. The fourth-order valence-electron chi connectivity index (χ4n) is 3.47. The van der Waals surface area contributed by atoms with Crippen molar-refractivity contribution < 1.29 is 19.4 Å². The Morgan fingerprint density at radius 2 is 1.38 bits per heavy atom. The lowest BCUT2D eigenvalue weighted by Gasteiger charge is -2.28. The Bertz CT molecular complexity index is 934. The number of benzene rings is 2. The van der Waals surface area contributed by atoms with Crippen LogP contribution >= 0.6 is 0 Å². The highest BCUT2D eigenvalue weighted by atomic mass is 16.5. The van der Waals surface area contributed by atoms with E-state index in [0.29, 0.717) is 30.0 Å². The number of phenols is 1. The van der Waals surface area contributed by atoms with Crippen LogP contribution in [0.25, 0.3) is 0 Å². The summed E-state index contributed by atoms with van der Waals surface area (Å²) in [6, 6.07) is 11.0. The van der Waals surface area contributed by atoms with Gasteiger partial charge in [-0.3, -0.25) is 9.59 Å². The Labute approximate surface area is 191 Å². The van der Waals surface area contributed by atoms with Crippen molar-refractivity contribution in [2.24, 2.45) is 0 Å². The molecule has 0 radical (unpaired) electrons. The SMILES string of the molecule is COCC(=O)Nc1cccc(NC(=O)CCc2cc(C(C)(C)C)c(O)c(C(C)(C)C)c2)c1. The number of rotatable bonds is 7. The van der Waals surface area contributed by atoms with Gasteiger partial charge in [-0.1, -0.05) is 59.7 Å². The second-order valence-corrected chi connectivity index (χ2v) is 10.1. The van der Waals surface area contributed by atoms with Gasteiger partial charge in [-0.25, -0.2) is 0 Å². The van der Waals surface area contributed by atoms with Gasteiger partial charge >= 0.3 is 0 Å². The van der Waals surface area contributed by atoms with E-state index in [1.165, 1.54) is 7.11 Å². The number of anilines is 2. The number of carbonyl (C=O) groups is 2. The van der Waals surface area contributed by atoms with Gasteiger partial charge in [0.05, 0.1) is 0 Å². The topological polar surface area (TPSA) is 87.7 Å². The Balaban J connectivity index is 2.12. The molecule has 0 spiro atoms. The van der Waals surface area contributed by atoms with Crippen LogP contribution in [0.15, 0.2) is 36.4 Å². The summed E-state index contributed by atoms with van der Waals surface area (Å²) in [7, 11) is 1.46. The first-order valence-corrected chi connectivity index (χ1v) is 10.9. The van der Waals surface area contributed by atoms with Crippen LogP contribution < -0.4 is 10.6 Å². The number of aromatic hydroxyl groups is 1. The Hall–Kier alpha value is -2.86. The van der Waals surface area contributed by atoms with E-state index in [2.05, 4.69) is 52.2 Å². The highest BCUT2D eigenvalue weighted by Gasteiger charge is 2.26. The minimum Gasteiger partial charge on any atom is -0.507 e. The van der Waals surface area contributed by atoms with Gasteiger partial charge in [0.1, 0.15) is 12.4 Å². The smallest absolute Gasteiger partial charge is 0.250 e. The highest BCUT2D eigenvalue weighted by Crippen LogP contribution is 2.40. The molecular weight excluding hydrogens is 404 g/mol. The third kappa shape index (κ3) is 7.09. The van der Waals surface area contributed by atoms with Crippen LogP contribution in [0.5, 0.6) is 5.75 Å². The predicted molar refractivity (Wildman–Crippen MR) is 129 cm³/mol. The van der Waals surface area contributed by atoms with E-state index in [1.807, 2.05) is 12.1 Å². The number of hydrogen-bond donors (Lipinski definition) is 3. The molecule has 0 atom stereocenters. The zero-order valence-electron chi connectivity index (χ0n) is 20.3. The molecule has 3 N–H and O–H groups in total. The van der Waals surface area contributed by atoms with E-state index in [9.17, 15) is 14.7 Å². The summed E-state index contributed by atoms with van der Waals surface area (Å²) in [4.78, 5) is 24.3. The molecule has 0 aliphatic carbocycles. The van der Waals surface area contributed by atoms with Crippen LogP contribution in [0.4, 0.5) is 11.4 Å². The molecule has 6 nitrogen and oxygen atoms in total. The van der Waals surface area contributed by atoms with Gasteiger partial charge in [0.2, 0.25) is 11.8 Å². The molecule has 2 amide bonds. The molecule has 174 valence electrons. The molecule has 0 aliphatic rings. The number of ether oxygens (including phenoxy) is 1. The average molecular weight is 441 g/mol. The summed E-state index contributed by atoms with van der Waals surface area (Å²) >= 11 is 0. The van der Waals surface area contributed by atoms with Crippen LogP contribution in [0.2, 0.25) is 0 Å². The fourth-order valence-corrected chi connectivity index (χ4v) is 3.47. The van der Waals surface area contributed by atoms with Crippen molar-refractivity contribution in [1.82, 2.24) is 0 Å². The molecule has 0 saturated heterocycles. The molecule has 0 fully saturated rings. The summed E-state index contributed by atoms with van der Waals surface area (Å²) in [5.41, 5.74) is 3.58. The zero-order chi connectivity index (χ0) is 24.1. The van der Waals surface area contributed by atoms with E-state index in [1.54, 1.807) is 24.3 Å². The first-order valence-electron chi connectivity index (χ1n) is 10.9. The van der Waals surface area contributed by atoms with Gasteiger partial charge in [-0.2, -0.15) is 0 Å².